The van der Waals surface area contributed by atoms with Crippen LogP contribution >= 0.6 is 11.3 Å². The largest absolute Gasteiger partial charge is 0.336 e. The first-order valence-electron chi connectivity index (χ1n) is 7.99. The quantitative estimate of drug-likeness (QED) is 0.568. The van der Waals surface area contributed by atoms with Crippen molar-refractivity contribution in [1.82, 2.24) is 9.13 Å². The first-order valence-corrected chi connectivity index (χ1v) is 8.87. The van der Waals surface area contributed by atoms with Gasteiger partial charge >= 0.3 is 5.69 Å². The minimum Gasteiger partial charge on any atom is -0.288 e. The number of hydrogen-bond acceptors (Lipinski definition) is 3. The van der Waals surface area contributed by atoms with Crippen LogP contribution in [0.5, 0.6) is 0 Å². The number of aryl methyl sites for hydroxylation is 1. The summed E-state index contributed by atoms with van der Waals surface area (Å²) >= 11 is 1.37. The fourth-order valence-corrected chi connectivity index (χ4v) is 3.86. The van der Waals surface area contributed by atoms with Gasteiger partial charge in [-0.05, 0) is 36.1 Å². The monoisotopic (exact) mass is 348 g/mol. The first kappa shape index (κ1) is 15.6. The lowest BCUT2D eigenvalue weighted by Gasteiger charge is -2.12. The Kier molecular flexibility index (Phi) is 3.86. The number of rotatable bonds is 3. The van der Waals surface area contributed by atoms with E-state index in [1.54, 1.807) is 16.7 Å². The van der Waals surface area contributed by atoms with Crippen LogP contribution in [0, 0.1) is 6.92 Å². The maximum Gasteiger partial charge on any atom is 0.336 e. The molecular weight excluding hydrogens is 332 g/mol. The van der Waals surface area contributed by atoms with Crippen molar-refractivity contribution in [3.8, 4) is 5.69 Å². The molecule has 25 heavy (non-hydrogen) atoms. The smallest absolute Gasteiger partial charge is 0.288 e. The lowest BCUT2D eigenvalue weighted by atomic mass is 10.1. The van der Waals surface area contributed by atoms with Gasteiger partial charge in [-0.1, -0.05) is 48.0 Å². The van der Waals surface area contributed by atoms with Crippen LogP contribution in [0.3, 0.4) is 0 Å². The van der Waals surface area contributed by atoms with Crippen molar-refractivity contribution in [1.29, 1.82) is 0 Å². The summed E-state index contributed by atoms with van der Waals surface area (Å²) in [4.78, 5) is 26.0. The van der Waals surface area contributed by atoms with Crippen molar-refractivity contribution in [2.75, 3.05) is 0 Å². The predicted molar refractivity (Wildman–Crippen MR) is 102 cm³/mol. The van der Waals surface area contributed by atoms with Crippen LogP contribution in [-0.4, -0.2) is 9.13 Å². The second kappa shape index (κ2) is 6.18. The molecular formula is C20H16N2O2S. The molecule has 2 aromatic heterocycles. The van der Waals surface area contributed by atoms with Gasteiger partial charge in [0, 0.05) is 0 Å². The van der Waals surface area contributed by atoms with Crippen molar-refractivity contribution >= 4 is 21.6 Å². The van der Waals surface area contributed by atoms with Crippen LogP contribution in [0.1, 0.15) is 11.1 Å². The Hall–Kier alpha value is -2.92. The Labute approximate surface area is 148 Å². The third kappa shape index (κ3) is 2.72. The van der Waals surface area contributed by atoms with E-state index in [1.807, 2.05) is 54.8 Å². The van der Waals surface area contributed by atoms with Crippen LogP contribution in [-0.2, 0) is 6.54 Å². The van der Waals surface area contributed by atoms with Crippen LogP contribution < -0.4 is 11.2 Å². The molecule has 4 aromatic rings. The zero-order chi connectivity index (χ0) is 17.4. The van der Waals surface area contributed by atoms with E-state index in [1.165, 1.54) is 15.9 Å². The Morgan fingerprint density at radius 3 is 2.52 bits per heavy atom. The molecule has 4 nitrogen and oxygen atoms in total. The number of thiophene rings is 1. The van der Waals surface area contributed by atoms with Crippen molar-refractivity contribution in [3.63, 3.8) is 0 Å². The van der Waals surface area contributed by atoms with Gasteiger partial charge in [0.1, 0.15) is 4.70 Å². The van der Waals surface area contributed by atoms with Gasteiger partial charge in [-0.2, -0.15) is 0 Å². The summed E-state index contributed by atoms with van der Waals surface area (Å²) in [6, 6.07) is 19.0. The number of fused-ring (bicyclic) bond motifs is 1. The van der Waals surface area contributed by atoms with Crippen molar-refractivity contribution in [2.45, 2.75) is 13.5 Å². The second-order valence-corrected chi connectivity index (χ2v) is 6.88. The van der Waals surface area contributed by atoms with E-state index >= 15 is 0 Å². The minimum atomic E-state index is -0.316. The zero-order valence-electron chi connectivity index (χ0n) is 13.7. The summed E-state index contributed by atoms with van der Waals surface area (Å²) in [5, 5.41) is 1.85. The molecule has 0 fully saturated rings. The molecule has 0 aliphatic heterocycles. The van der Waals surface area contributed by atoms with Gasteiger partial charge in [0.15, 0.2) is 0 Å². The van der Waals surface area contributed by atoms with Crippen molar-refractivity contribution in [2.24, 2.45) is 0 Å². The molecule has 0 spiro atoms. The lowest BCUT2D eigenvalue weighted by Crippen LogP contribution is -2.38. The summed E-state index contributed by atoms with van der Waals surface area (Å²) in [6.07, 6.45) is 0. The highest BCUT2D eigenvalue weighted by Crippen LogP contribution is 2.17. The van der Waals surface area contributed by atoms with E-state index in [0.29, 0.717) is 22.4 Å². The number of hydrogen-bond donors (Lipinski definition) is 0. The maximum atomic E-state index is 13.1. The van der Waals surface area contributed by atoms with Crippen LogP contribution in [0.25, 0.3) is 15.9 Å². The highest BCUT2D eigenvalue weighted by atomic mass is 32.1. The average molecular weight is 348 g/mol. The molecule has 0 radical (unpaired) electrons. The molecule has 4 rings (SSSR count). The third-order valence-electron chi connectivity index (χ3n) is 4.19. The van der Waals surface area contributed by atoms with Crippen LogP contribution in [0.4, 0.5) is 0 Å². The Bertz CT molecular complexity index is 1170. The summed E-state index contributed by atoms with van der Waals surface area (Å²) in [6.45, 7) is 2.46. The van der Waals surface area contributed by atoms with Gasteiger partial charge in [0.05, 0.1) is 17.7 Å². The molecule has 2 heterocycles. The van der Waals surface area contributed by atoms with E-state index in [2.05, 4.69) is 6.07 Å². The van der Waals surface area contributed by atoms with Crippen molar-refractivity contribution < 1.29 is 0 Å². The third-order valence-corrected chi connectivity index (χ3v) is 5.08. The van der Waals surface area contributed by atoms with E-state index in [9.17, 15) is 9.59 Å². The van der Waals surface area contributed by atoms with Gasteiger partial charge in [-0.15, -0.1) is 11.3 Å². The number of benzene rings is 2. The molecule has 2 aromatic carbocycles. The average Bonchev–Trinajstić information content (AvgIpc) is 3.10. The number of para-hydroxylation sites is 1. The van der Waals surface area contributed by atoms with Gasteiger partial charge in [-0.3, -0.25) is 9.36 Å². The lowest BCUT2D eigenvalue weighted by molar-refractivity contribution is 0.716. The number of nitrogens with zero attached hydrogens (tertiary/aromatic N) is 2. The Morgan fingerprint density at radius 1 is 0.960 bits per heavy atom. The minimum absolute atomic E-state index is 0.262. The van der Waals surface area contributed by atoms with Gasteiger partial charge in [-0.25, -0.2) is 9.36 Å². The molecule has 0 saturated heterocycles. The molecule has 0 unspecified atom stereocenters. The van der Waals surface area contributed by atoms with E-state index in [4.69, 9.17) is 0 Å². The van der Waals surface area contributed by atoms with E-state index in [0.717, 1.165) is 11.1 Å². The highest BCUT2D eigenvalue weighted by molar-refractivity contribution is 7.17. The van der Waals surface area contributed by atoms with E-state index in [-0.39, 0.29) is 11.2 Å². The fourth-order valence-electron chi connectivity index (χ4n) is 3.04. The van der Waals surface area contributed by atoms with Crippen LogP contribution in [0.15, 0.2) is 75.6 Å². The highest BCUT2D eigenvalue weighted by Gasteiger charge is 2.15. The van der Waals surface area contributed by atoms with E-state index < -0.39 is 0 Å². The first-order chi connectivity index (χ1) is 12.1. The van der Waals surface area contributed by atoms with Gasteiger partial charge in [0.2, 0.25) is 0 Å². The normalized spacial score (nSPS) is 11.1. The summed E-state index contributed by atoms with van der Waals surface area (Å²) in [5.41, 5.74) is 2.88. The summed E-state index contributed by atoms with van der Waals surface area (Å²) in [7, 11) is 0. The van der Waals surface area contributed by atoms with Crippen molar-refractivity contribution in [3.05, 3.63) is 98.0 Å². The molecule has 0 aliphatic rings. The SMILES string of the molecule is Cc1cccc(Cn2c(=O)n(-c3ccccc3)c(=O)c3sccc32)c1. The summed E-state index contributed by atoms with van der Waals surface area (Å²) < 4.78 is 3.53. The standard InChI is InChI=1S/C20H16N2O2S/c1-14-6-5-7-15(12-14)13-21-17-10-11-25-18(17)19(23)22(20(21)24)16-8-3-2-4-9-16/h2-12H,13H2,1H3. The van der Waals surface area contributed by atoms with Gasteiger partial charge < -0.3 is 0 Å². The fraction of sp³-hybridized carbons (Fsp3) is 0.100. The molecule has 0 saturated carbocycles. The topological polar surface area (TPSA) is 44.0 Å². The number of aromatic nitrogens is 2. The molecule has 124 valence electrons. The maximum absolute atomic E-state index is 13.1. The molecule has 0 amide bonds. The Morgan fingerprint density at radius 2 is 1.76 bits per heavy atom. The Balaban J connectivity index is 2.00. The second-order valence-electron chi connectivity index (χ2n) is 5.97. The molecule has 0 aliphatic carbocycles. The molecule has 0 N–H and O–H groups in total. The molecule has 0 bridgehead atoms. The zero-order valence-corrected chi connectivity index (χ0v) is 14.5. The molecule has 0 atom stereocenters. The van der Waals surface area contributed by atoms with Gasteiger partial charge in [0.25, 0.3) is 5.56 Å². The summed E-state index contributed by atoms with van der Waals surface area (Å²) in [5.74, 6) is 0. The predicted octanol–water partition coefficient (Wildman–Crippen LogP) is 3.57. The van der Waals surface area contributed by atoms with Crippen LogP contribution in [0.2, 0.25) is 0 Å². The molecule has 5 heteroatoms.